The molecule has 226 valence electrons. The molecule has 0 bridgehead atoms. The molecule has 1 fully saturated rings. The first-order chi connectivity index (χ1) is 20.3. The van der Waals surface area contributed by atoms with E-state index < -0.39 is 29.4 Å². The lowest BCUT2D eigenvalue weighted by molar-refractivity contribution is -0.152. The fourth-order valence-corrected chi connectivity index (χ4v) is 6.39. The van der Waals surface area contributed by atoms with Crippen LogP contribution >= 0.6 is 0 Å². The molecule has 4 rings (SSSR count). The van der Waals surface area contributed by atoms with E-state index in [4.69, 9.17) is 4.74 Å². The number of carbonyl (C=O) groups is 2. The molecule has 7 nitrogen and oxygen atoms in total. The van der Waals surface area contributed by atoms with Gasteiger partial charge in [-0.2, -0.15) is 5.26 Å². The van der Waals surface area contributed by atoms with E-state index in [1.54, 1.807) is 36.3 Å². The Bertz CT molecular complexity index is 1500. The van der Waals surface area contributed by atoms with Crippen molar-refractivity contribution in [2.45, 2.75) is 78.0 Å². The van der Waals surface area contributed by atoms with Gasteiger partial charge in [-0.1, -0.05) is 96.1 Å². The number of carboxylic acids is 1. The van der Waals surface area contributed by atoms with Crippen LogP contribution in [0.3, 0.4) is 0 Å². The zero-order chi connectivity index (χ0) is 31.5. The highest BCUT2D eigenvalue weighted by molar-refractivity contribution is 5.87. The standard InChI is InChI=1S/C36H43N3O4/c1-35(2,3)27-16-17-28(43-7)26(20-27)22-38-31-30(36(4,5)6)33(34(41)42)39(32(31)25-14-9-8-10-15-25)29(40)19-23-12-11-13-24(18-23)21-37/h8-18,20,30-33,38H,19,22H2,1-7H3,(H,41,42)/t30-,31-,32-,33-/m0/s1. The maximum atomic E-state index is 14.2. The Morgan fingerprint density at radius 3 is 2.26 bits per heavy atom. The maximum absolute atomic E-state index is 14.2. The van der Waals surface area contributed by atoms with Gasteiger partial charge in [0, 0.05) is 24.1 Å². The molecule has 3 aromatic carbocycles. The van der Waals surface area contributed by atoms with Crippen LogP contribution in [0.2, 0.25) is 0 Å². The molecule has 4 atom stereocenters. The summed E-state index contributed by atoms with van der Waals surface area (Å²) in [4.78, 5) is 28.9. The number of nitrogens with one attached hydrogen (secondary N) is 1. The van der Waals surface area contributed by atoms with Crippen LogP contribution in [0.5, 0.6) is 5.75 Å². The number of methoxy groups -OCH3 is 1. The quantitative estimate of drug-likeness (QED) is 0.325. The SMILES string of the molecule is COc1ccc(C(C)(C)C)cc1CN[C@H]1[C@H](C(C)(C)C)[C@@H](C(=O)O)N(C(=O)Cc2cccc(C#N)c2)[C@H]1c1ccccc1. The van der Waals surface area contributed by atoms with E-state index in [1.165, 1.54) is 5.56 Å². The largest absolute Gasteiger partial charge is 0.496 e. The summed E-state index contributed by atoms with van der Waals surface area (Å²) in [6.45, 7) is 13.0. The second-order valence-electron chi connectivity index (χ2n) is 13.5. The lowest BCUT2D eigenvalue weighted by Gasteiger charge is -2.35. The minimum atomic E-state index is -1.06. The van der Waals surface area contributed by atoms with Crippen molar-refractivity contribution in [3.05, 3.63) is 101 Å². The summed E-state index contributed by atoms with van der Waals surface area (Å²) in [6, 6.07) is 22.9. The van der Waals surface area contributed by atoms with Crippen molar-refractivity contribution in [1.29, 1.82) is 5.26 Å². The minimum absolute atomic E-state index is 0.00628. The predicted molar refractivity (Wildman–Crippen MR) is 168 cm³/mol. The molecule has 0 aliphatic carbocycles. The molecule has 1 aliphatic heterocycles. The average Bonchev–Trinajstić information content (AvgIpc) is 3.32. The molecule has 1 aliphatic rings. The summed E-state index contributed by atoms with van der Waals surface area (Å²) in [7, 11) is 1.65. The van der Waals surface area contributed by atoms with Crippen LogP contribution in [-0.4, -0.2) is 41.1 Å². The van der Waals surface area contributed by atoms with Crippen LogP contribution in [0.4, 0.5) is 0 Å². The van der Waals surface area contributed by atoms with E-state index in [2.05, 4.69) is 44.3 Å². The molecule has 43 heavy (non-hydrogen) atoms. The Labute approximate surface area is 255 Å². The zero-order valence-corrected chi connectivity index (χ0v) is 26.2. The molecule has 7 heteroatoms. The average molecular weight is 582 g/mol. The Morgan fingerprint density at radius 1 is 0.977 bits per heavy atom. The number of carboxylic acid groups (broad SMARTS) is 1. The van der Waals surface area contributed by atoms with Crippen molar-refractivity contribution >= 4 is 11.9 Å². The van der Waals surface area contributed by atoms with Gasteiger partial charge in [-0.15, -0.1) is 0 Å². The summed E-state index contributed by atoms with van der Waals surface area (Å²) < 4.78 is 5.72. The number of rotatable bonds is 8. The van der Waals surface area contributed by atoms with Crippen molar-refractivity contribution < 1.29 is 19.4 Å². The number of nitriles is 1. The van der Waals surface area contributed by atoms with Gasteiger partial charge in [0.1, 0.15) is 11.8 Å². The number of likely N-dealkylation sites (tertiary alicyclic amines) is 1. The zero-order valence-electron chi connectivity index (χ0n) is 26.2. The lowest BCUT2D eigenvalue weighted by atomic mass is 9.72. The van der Waals surface area contributed by atoms with Gasteiger partial charge in [-0.3, -0.25) is 4.79 Å². The van der Waals surface area contributed by atoms with Crippen LogP contribution in [0, 0.1) is 22.7 Å². The number of benzene rings is 3. The van der Waals surface area contributed by atoms with Crippen LogP contribution in [0.25, 0.3) is 0 Å². The number of nitrogens with zero attached hydrogens (tertiary/aromatic N) is 2. The molecule has 0 saturated carbocycles. The van der Waals surface area contributed by atoms with E-state index in [1.807, 2.05) is 57.2 Å². The monoisotopic (exact) mass is 581 g/mol. The number of aliphatic carboxylic acids is 1. The summed E-state index contributed by atoms with van der Waals surface area (Å²) in [5.41, 5.74) is 3.62. The van der Waals surface area contributed by atoms with Crippen molar-refractivity contribution in [3.8, 4) is 11.8 Å². The first kappa shape index (κ1) is 31.8. The molecule has 0 unspecified atom stereocenters. The van der Waals surface area contributed by atoms with Crippen LogP contribution in [0.1, 0.15) is 75.4 Å². The molecular weight excluding hydrogens is 538 g/mol. The molecule has 1 saturated heterocycles. The van der Waals surface area contributed by atoms with Gasteiger partial charge in [0.05, 0.1) is 31.2 Å². The normalized spacial score (nSPS) is 20.5. The van der Waals surface area contributed by atoms with Gasteiger partial charge in [-0.05, 0) is 45.7 Å². The first-order valence-corrected chi connectivity index (χ1v) is 14.7. The Kier molecular flexibility index (Phi) is 9.32. The molecule has 0 radical (unpaired) electrons. The van der Waals surface area contributed by atoms with Gasteiger partial charge < -0.3 is 20.1 Å². The maximum Gasteiger partial charge on any atom is 0.326 e. The first-order valence-electron chi connectivity index (χ1n) is 14.7. The van der Waals surface area contributed by atoms with Crippen molar-refractivity contribution in [1.82, 2.24) is 10.2 Å². The molecule has 1 amide bonds. The van der Waals surface area contributed by atoms with Gasteiger partial charge in [0.15, 0.2) is 0 Å². The van der Waals surface area contributed by atoms with E-state index in [9.17, 15) is 20.0 Å². The highest BCUT2D eigenvalue weighted by Gasteiger charge is 2.57. The van der Waals surface area contributed by atoms with Crippen molar-refractivity contribution in [2.24, 2.45) is 11.3 Å². The van der Waals surface area contributed by atoms with Gasteiger partial charge in [-0.25, -0.2) is 4.79 Å². The van der Waals surface area contributed by atoms with Crippen LogP contribution < -0.4 is 10.1 Å². The number of carbonyl (C=O) groups excluding carboxylic acids is 1. The second-order valence-corrected chi connectivity index (χ2v) is 13.5. The van der Waals surface area contributed by atoms with E-state index in [0.717, 1.165) is 16.9 Å². The summed E-state index contributed by atoms with van der Waals surface area (Å²) in [5, 5.41) is 23.8. The molecule has 3 aromatic rings. The fraction of sp³-hybridized carbons (Fsp3) is 0.417. The third kappa shape index (κ3) is 6.92. The summed E-state index contributed by atoms with van der Waals surface area (Å²) in [5.74, 6) is -0.984. The fourth-order valence-electron chi connectivity index (χ4n) is 6.39. The van der Waals surface area contributed by atoms with E-state index in [0.29, 0.717) is 17.7 Å². The number of ether oxygens (including phenoxy) is 1. The smallest absolute Gasteiger partial charge is 0.326 e. The third-order valence-electron chi connectivity index (χ3n) is 8.43. The molecular formula is C36H43N3O4. The van der Waals surface area contributed by atoms with Gasteiger partial charge in [0.2, 0.25) is 5.91 Å². The van der Waals surface area contributed by atoms with Crippen LogP contribution in [-0.2, 0) is 28.0 Å². The number of hydrogen-bond acceptors (Lipinski definition) is 5. The molecule has 0 aromatic heterocycles. The van der Waals surface area contributed by atoms with Gasteiger partial charge >= 0.3 is 5.97 Å². The Balaban J connectivity index is 1.81. The highest BCUT2D eigenvalue weighted by atomic mass is 16.5. The van der Waals surface area contributed by atoms with E-state index in [-0.39, 0.29) is 23.8 Å². The van der Waals surface area contributed by atoms with Crippen LogP contribution in [0.15, 0.2) is 72.8 Å². The number of hydrogen-bond donors (Lipinski definition) is 2. The Hall–Kier alpha value is -4.15. The van der Waals surface area contributed by atoms with E-state index >= 15 is 0 Å². The highest BCUT2D eigenvalue weighted by Crippen LogP contribution is 2.48. The lowest BCUT2D eigenvalue weighted by Crippen LogP contribution is -2.48. The van der Waals surface area contributed by atoms with Gasteiger partial charge in [0.25, 0.3) is 0 Å². The molecule has 1 heterocycles. The summed E-state index contributed by atoms with van der Waals surface area (Å²) in [6.07, 6.45) is -0.00628. The molecule has 2 N–H and O–H groups in total. The summed E-state index contributed by atoms with van der Waals surface area (Å²) >= 11 is 0. The van der Waals surface area contributed by atoms with Crippen molar-refractivity contribution in [2.75, 3.05) is 7.11 Å². The predicted octanol–water partition coefficient (Wildman–Crippen LogP) is 6.26. The third-order valence-corrected chi connectivity index (χ3v) is 8.43. The molecule has 0 spiro atoms. The number of amides is 1. The minimum Gasteiger partial charge on any atom is -0.496 e. The Morgan fingerprint density at radius 2 is 1.67 bits per heavy atom. The topological polar surface area (TPSA) is 103 Å². The van der Waals surface area contributed by atoms with Crippen molar-refractivity contribution in [3.63, 3.8) is 0 Å². The second kappa shape index (κ2) is 12.6.